The van der Waals surface area contributed by atoms with Crippen molar-refractivity contribution >= 4 is 22.7 Å². The van der Waals surface area contributed by atoms with Gasteiger partial charge in [-0.2, -0.15) is 0 Å². The number of amides is 2. The molecule has 5 nitrogen and oxygen atoms in total. The van der Waals surface area contributed by atoms with Gasteiger partial charge in [0.2, 0.25) is 11.8 Å². The summed E-state index contributed by atoms with van der Waals surface area (Å²) in [5.74, 6) is -0.127. The predicted molar refractivity (Wildman–Crippen MR) is 80.8 cm³/mol. The number of para-hydroxylation sites is 1. The fourth-order valence-electron chi connectivity index (χ4n) is 2.87. The van der Waals surface area contributed by atoms with Crippen LogP contribution in [0.25, 0.3) is 10.9 Å². The van der Waals surface area contributed by atoms with Gasteiger partial charge in [0.25, 0.3) is 0 Å². The fourth-order valence-corrected chi connectivity index (χ4v) is 2.87. The molecule has 0 saturated carbocycles. The van der Waals surface area contributed by atoms with E-state index < -0.39 is 0 Å². The maximum atomic E-state index is 11.9. The largest absolute Gasteiger partial charge is 0.353 e. The number of nitrogens with one attached hydrogen (secondary N) is 2. The van der Waals surface area contributed by atoms with E-state index in [-0.39, 0.29) is 17.9 Å². The van der Waals surface area contributed by atoms with Crippen LogP contribution in [0.15, 0.2) is 30.3 Å². The molecule has 2 amide bonds. The number of benzene rings is 1. The Bertz CT molecular complexity index is 690. The molecule has 1 fully saturated rings. The van der Waals surface area contributed by atoms with Crippen molar-refractivity contribution in [2.75, 3.05) is 6.54 Å². The highest BCUT2D eigenvalue weighted by atomic mass is 16.2. The summed E-state index contributed by atoms with van der Waals surface area (Å²) in [5, 5.41) is 6.79. The maximum absolute atomic E-state index is 11.9. The molecule has 0 spiro atoms. The average molecular weight is 285 g/mol. The molecule has 1 aliphatic heterocycles. The van der Waals surface area contributed by atoms with Gasteiger partial charge in [0.1, 0.15) is 6.04 Å². The van der Waals surface area contributed by atoms with Crippen LogP contribution in [-0.2, 0) is 16.1 Å². The standard InChI is InChI=1S/C16H19N3O2/c1-11-10-12-4-2-3-5-14(12)19(11)9-8-17-16(21)13-6-7-15(20)18-13/h2-5,10,13H,6-9H2,1H3,(H,17,21)(H,18,20)/t13-/m1/s1. The van der Waals surface area contributed by atoms with Gasteiger partial charge in [-0.1, -0.05) is 18.2 Å². The molecule has 1 atom stereocenters. The number of nitrogens with zero attached hydrogens (tertiary/aromatic N) is 1. The summed E-state index contributed by atoms with van der Waals surface area (Å²) in [6.45, 7) is 3.36. The summed E-state index contributed by atoms with van der Waals surface area (Å²) in [4.78, 5) is 23.0. The first-order chi connectivity index (χ1) is 10.1. The van der Waals surface area contributed by atoms with Gasteiger partial charge in [-0.05, 0) is 30.9 Å². The Morgan fingerprint density at radius 1 is 1.43 bits per heavy atom. The SMILES string of the molecule is Cc1cc2ccccc2n1CCNC(=O)[C@H]1CCC(=O)N1. The minimum Gasteiger partial charge on any atom is -0.353 e. The lowest BCUT2D eigenvalue weighted by Gasteiger charge is -2.12. The lowest BCUT2D eigenvalue weighted by molar-refractivity contribution is -0.125. The molecule has 1 saturated heterocycles. The zero-order chi connectivity index (χ0) is 14.8. The van der Waals surface area contributed by atoms with Gasteiger partial charge < -0.3 is 15.2 Å². The van der Waals surface area contributed by atoms with Crippen molar-refractivity contribution in [3.63, 3.8) is 0 Å². The zero-order valence-corrected chi connectivity index (χ0v) is 12.1. The van der Waals surface area contributed by atoms with Gasteiger partial charge in [0.15, 0.2) is 0 Å². The third-order valence-corrected chi connectivity index (χ3v) is 3.96. The van der Waals surface area contributed by atoms with Crippen LogP contribution in [0.2, 0.25) is 0 Å². The fraction of sp³-hybridized carbons (Fsp3) is 0.375. The van der Waals surface area contributed by atoms with Crippen molar-refractivity contribution < 1.29 is 9.59 Å². The van der Waals surface area contributed by atoms with Crippen molar-refractivity contribution in [2.24, 2.45) is 0 Å². The normalized spacial score (nSPS) is 18.0. The molecule has 2 aromatic rings. The highest BCUT2D eigenvalue weighted by molar-refractivity contribution is 5.90. The van der Waals surface area contributed by atoms with Crippen LogP contribution in [0.4, 0.5) is 0 Å². The second-order valence-electron chi connectivity index (χ2n) is 5.45. The number of aromatic nitrogens is 1. The molecule has 5 heteroatoms. The number of fused-ring (bicyclic) bond motifs is 1. The van der Waals surface area contributed by atoms with E-state index in [4.69, 9.17) is 0 Å². The van der Waals surface area contributed by atoms with Crippen molar-refractivity contribution in [3.05, 3.63) is 36.0 Å². The van der Waals surface area contributed by atoms with Crippen molar-refractivity contribution in [1.29, 1.82) is 0 Å². The molecule has 2 heterocycles. The molecule has 0 aliphatic carbocycles. The van der Waals surface area contributed by atoms with Crippen LogP contribution in [0.1, 0.15) is 18.5 Å². The smallest absolute Gasteiger partial charge is 0.242 e. The molecule has 3 rings (SSSR count). The molecule has 0 unspecified atom stereocenters. The van der Waals surface area contributed by atoms with Crippen molar-refractivity contribution in [1.82, 2.24) is 15.2 Å². The van der Waals surface area contributed by atoms with Crippen molar-refractivity contribution in [2.45, 2.75) is 32.4 Å². The third kappa shape index (κ3) is 2.77. The highest BCUT2D eigenvalue weighted by Crippen LogP contribution is 2.18. The van der Waals surface area contributed by atoms with E-state index in [1.54, 1.807) is 0 Å². The Morgan fingerprint density at radius 2 is 2.24 bits per heavy atom. The molecule has 2 N–H and O–H groups in total. The van der Waals surface area contributed by atoms with Gasteiger partial charge in [0.05, 0.1) is 0 Å². The summed E-state index contributed by atoms with van der Waals surface area (Å²) >= 11 is 0. The second-order valence-corrected chi connectivity index (χ2v) is 5.45. The van der Waals surface area contributed by atoms with E-state index in [2.05, 4.69) is 40.3 Å². The van der Waals surface area contributed by atoms with Crippen LogP contribution >= 0.6 is 0 Å². The Kier molecular flexibility index (Phi) is 3.64. The van der Waals surface area contributed by atoms with Crippen LogP contribution < -0.4 is 10.6 Å². The lowest BCUT2D eigenvalue weighted by atomic mass is 10.2. The number of aryl methyl sites for hydroxylation is 1. The maximum Gasteiger partial charge on any atom is 0.242 e. The Hall–Kier alpha value is -2.30. The summed E-state index contributed by atoms with van der Waals surface area (Å²) in [5.41, 5.74) is 2.36. The molecule has 0 bridgehead atoms. The first-order valence-electron chi connectivity index (χ1n) is 7.27. The number of rotatable bonds is 4. The molecule has 1 aliphatic rings. The topological polar surface area (TPSA) is 63.1 Å². The number of hydrogen-bond donors (Lipinski definition) is 2. The summed E-state index contributed by atoms with van der Waals surface area (Å²) in [7, 11) is 0. The minimum absolute atomic E-state index is 0.0394. The van der Waals surface area contributed by atoms with Crippen LogP contribution in [0.5, 0.6) is 0 Å². The van der Waals surface area contributed by atoms with E-state index in [0.717, 1.165) is 6.54 Å². The van der Waals surface area contributed by atoms with Gasteiger partial charge >= 0.3 is 0 Å². The average Bonchev–Trinajstić information content (AvgIpc) is 3.03. The first-order valence-corrected chi connectivity index (χ1v) is 7.27. The minimum atomic E-state index is -0.361. The monoisotopic (exact) mass is 285 g/mol. The van der Waals surface area contributed by atoms with E-state index in [9.17, 15) is 9.59 Å². The van der Waals surface area contributed by atoms with Crippen LogP contribution in [0, 0.1) is 6.92 Å². The van der Waals surface area contributed by atoms with E-state index >= 15 is 0 Å². The van der Waals surface area contributed by atoms with Crippen LogP contribution in [0.3, 0.4) is 0 Å². The molecular formula is C16H19N3O2. The highest BCUT2D eigenvalue weighted by Gasteiger charge is 2.26. The number of carbonyl (C=O) groups is 2. The predicted octanol–water partition coefficient (Wildman–Crippen LogP) is 1.34. The zero-order valence-electron chi connectivity index (χ0n) is 12.1. The van der Waals surface area contributed by atoms with Gasteiger partial charge in [-0.25, -0.2) is 0 Å². The van der Waals surface area contributed by atoms with Crippen LogP contribution in [-0.4, -0.2) is 29.0 Å². The van der Waals surface area contributed by atoms with Crippen molar-refractivity contribution in [3.8, 4) is 0 Å². The van der Waals surface area contributed by atoms with E-state index in [0.29, 0.717) is 19.4 Å². The van der Waals surface area contributed by atoms with Gasteiger partial charge in [-0.15, -0.1) is 0 Å². The summed E-state index contributed by atoms with van der Waals surface area (Å²) in [6, 6.07) is 10.0. The van der Waals surface area contributed by atoms with Gasteiger partial charge in [0, 0.05) is 30.7 Å². The number of carbonyl (C=O) groups excluding carboxylic acids is 2. The molecule has 1 aromatic heterocycles. The van der Waals surface area contributed by atoms with E-state index in [1.165, 1.54) is 16.6 Å². The summed E-state index contributed by atoms with van der Waals surface area (Å²) in [6.07, 6.45) is 1.04. The molecular weight excluding hydrogens is 266 g/mol. The molecule has 21 heavy (non-hydrogen) atoms. The quantitative estimate of drug-likeness (QED) is 0.890. The molecule has 0 radical (unpaired) electrons. The Morgan fingerprint density at radius 3 is 3.00 bits per heavy atom. The first kappa shape index (κ1) is 13.7. The Labute approximate surface area is 123 Å². The van der Waals surface area contributed by atoms with E-state index in [1.807, 2.05) is 12.1 Å². The molecule has 1 aromatic carbocycles. The summed E-state index contributed by atoms with van der Waals surface area (Å²) < 4.78 is 2.20. The molecule has 110 valence electrons. The second kappa shape index (κ2) is 5.60. The van der Waals surface area contributed by atoms with Gasteiger partial charge in [-0.3, -0.25) is 9.59 Å². The third-order valence-electron chi connectivity index (χ3n) is 3.96. The Balaban J connectivity index is 1.61. The number of hydrogen-bond acceptors (Lipinski definition) is 2. The lowest BCUT2D eigenvalue weighted by Crippen LogP contribution is -2.42.